The van der Waals surface area contributed by atoms with E-state index in [1.165, 1.54) is 11.9 Å². The summed E-state index contributed by atoms with van der Waals surface area (Å²) in [6, 6.07) is 16.3. The Bertz CT molecular complexity index is 1380. The Morgan fingerprint density at radius 1 is 1.06 bits per heavy atom. The molecule has 0 spiro atoms. The molecule has 4 aromatic rings. The van der Waals surface area contributed by atoms with Crippen molar-refractivity contribution < 1.29 is 9.59 Å². The lowest BCUT2D eigenvalue weighted by atomic mass is 10.1. The fraction of sp³-hybridized carbons (Fsp3) is 0.222. The number of anilines is 2. The Morgan fingerprint density at radius 3 is 2.33 bits per heavy atom. The van der Waals surface area contributed by atoms with Crippen molar-refractivity contribution in [3.8, 4) is 17.3 Å². The second-order valence-electron chi connectivity index (χ2n) is 8.39. The molecule has 0 atom stereocenters. The number of aromatic nitrogens is 3. The lowest BCUT2D eigenvalue weighted by Gasteiger charge is -2.17. The highest BCUT2D eigenvalue weighted by atomic mass is 16.2. The van der Waals surface area contributed by atoms with Crippen LogP contribution in [0.3, 0.4) is 0 Å². The number of amides is 2. The van der Waals surface area contributed by atoms with Gasteiger partial charge < -0.3 is 16.0 Å². The van der Waals surface area contributed by atoms with Gasteiger partial charge >= 0.3 is 0 Å². The molecule has 0 saturated carbocycles. The van der Waals surface area contributed by atoms with E-state index in [-0.39, 0.29) is 17.5 Å². The predicted octanol–water partition coefficient (Wildman–Crippen LogP) is 4.10. The summed E-state index contributed by atoms with van der Waals surface area (Å²) in [6.07, 6.45) is 5.42. The number of benzene rings is 2. The maximum absolute atomic E-state index is 13.1. The Labute approximate surface area is 210 Å². The van der Waals surface area contributed by atoms with Crippen LogP contribution in [0.4, 0.5) is 11.4 Å². The second kappa shape index (κ2) is 11.7. The van der Waals surface area contributed by atoms with Crippen molar-refractivity contribution in [3.05, 3.63) is 78.4 Å². The minimum absolute atomic E-state index is 0.0156. The summed E-state index contributed by atoms with van der Waals surface area (Å²) in [5, 5.41) is 11.9. The molecule has 4 rings (SSSR count). The third-order valence-corrected chi connectivity index (χ3v) is 5.36. The minimum atomic E-state index is -0.283. The average molecular weight is 484 g/mol. The van der Waals surface area contributed by atoms with Gasteiger partial charge in [0, 0.05) is 36.6 Å². The zero-order chi connectivity index (χ0) is 26.2. The number of nitrogens with two attached hydrogens (primary N) is 1. The molecule has 0 bridgehead atoms. The molecule has 2 aromatic heterocycles. The number of hydrogen-bond donors (Lipinski definition) is 2. The van der Waals surface area contributed by atoms with E-state index in [2.05, 4.69) is 27.1 Å². The highest BCUT2D eigenvalue weighted by Gasteiger charge is 2.17. The van der Waals surface area contributed by atoms with Crippen LogP contribution in [0.5, 0.6) is 0 Å². The SMILES string of the molecule is CC(C)CC(=O)Nc1ccc(-c2cnc3cnc(C(=O)N(C)c4ccc(C#N)cc4)cn23)cc1.CN. The number of fused-ring (bicyclic) bond motifs is 1. The van der Waals surface area contributed by atoms with Crippen LogP contribution in [0.2, 0.25) is 0 Å². The highest BCUT2D eigenvalue weighted by molar-refractivity contribution is 6.04. The molecule has 0 aliphatic rings. The van der Waals surface area contributed by atoms with Gasteiger partial charge in [0.2, 0.25) is 5.91 Å². The Kier molecular flexibility index (Phi) is 8.49. The fourth-order valence-corrected chi connectivity index (χ4v) is 3.57. The predicted molar refractivity (Wildman–Crippen MR) is 141 cm³/mol. The fourth-order valence-electron chi connectivity index (χ4n) is 3.57. The van der Waals surface area contributed by atoms with E-state index in [0.29, 0.717) is 29.2 Å². The molecule has 0 saturated heterocycles. The van der Waals surface area contributed by atoms with Gasteiger partial charge in [-0.05, 0) is 49.4 Å². The lowest BCUT2D eigenvalue weighted by Crippen LogP contribution is -2.27. The zero-order valence-electron chi connectivity index (χ0n) is 20.8. The third-order valence-electron chi connectivity index (χ3n) is 5.36. The van der Waals surface area contributed by atoms with Crippen molar-refractivity contribution in [2.24, 2.45) is 11.7 Å². The second-order valence-corrected chi connectivity index (χ2v) is 8.39. The zero-order valence-corrected chi connectivity index (χ0v) is 20.8. The first-order valence-corrected chi connectivity index (χ1v) is 11.4. The summed E-state index contributed by atoms with van der Waals surface area (Å²) in [7, 11) is 3.16. The molecule has 2 aromatic carbocycles. The Hall–Kier alpha value is -4.55. The van der Waals surface area contributed by atoms with Crippen LogP contribution in [0.25, 0.3) is 16.9 Å². The first-order valence-electron chi connectivity index (χ1n) is 11.4. The van der Waals surface area contributed by atoms with Gasteiger partial charge in [0.05, 0.1) is 29.7 Å². The summed E-state index contributed by atoms with van der Waals surface area (Å²) in [5.74, 6) is -0.00784. The molecule has 9 heteroatoms. The van der Waals surface area contributed by atoms with E-state index in [1.54, 1.807) is 49.9 Å². The summed E-state index contributed by atoms with van der Waals surface area (Å²) < 4.78 is 1.82. The molecule has 2 heterocycles. The molecule has 36 heavy (non-hydrogen) atoms. The van der Waals surface area contributed by atoms with Crippen molar-refractivity contribution in [1.82, 2.24) is 14.4 Å². The largest absolute Gasteiger partial charge is 0.333 e. The number of rotatable bonds is 6. The molecule has 0 fully saturated rings. The van der Waals surface area contributed by atoms with Gasteiger partial charge in [0.1, 0.15) is 5.69 Å². The van der Waals surface area contributed by atoms with Crippen molar-refractivity contribution >= 4 is 28.8 Å². The maximum atomic E-state index is 13.1. The summed E-state index contributed by atoms with van der Waals surface area (Å²) >= 11 is 0. The van der Waals surface area contributed by atoms with Gasteiger partial charge in [0.15, 0.2) is 5.65 Å². The van der Waals surface area contributed by atoms with E-state index in [1.807, 2.05) is 42.5 Å². The molecule has 0 aliphatic heterocycles. The summed E-state index contributed by atoms with van der Waals surface area (Å²) in [5.41, 5.74) is 8.97. The Morgan fingerprint density at radius 2 is 1.72 bits per heavy atom. The number of carbonyl (C=O) groups is 2. The molecule has 3 N–H and O–H groups in total. The normalized spacial score (nSPS) is 10.4. The van der Waals surface area contributed by atoms with E-state index in [9.17, 15) is 9.59 Å². The van der Waals surface area contributed by atoms with Crippen molar-refractivity contribution in [3.63, 3.8) is 0 Å². The van der Waals surface area contributed by atoms with Gasteiger partial charge in [0.25, 0.3) is 5.91 Å². The van der Waals surface area contributed by atoms with Gasteiger partial charge in [-0.1, -0.05) is 26.0 Å². The minimum Gasteiger partial charge on any atom is -0.333 e. The van der Waals surface area contributed by atoms with Crippen LogP contribution in [0.1, 0.15) is 36.3 Å². The molecule has 184 valence electrons. The van der Waals surface area contributed by atoms with E-state index < -0.39 is 0 Å². The lowest BCUT2D eigenvalue weighted by molar-refractivity contribution is -0.116. The van der Waals surface area contributed by atoms with Crippen LogP contribution in [0, 0.1) is 17.2 Å². The summed E-state index contributed by atoms with van der Waals surface area (Å²) in [6.45, 7) is 4.01. The van der Waals surface area contributed by atoms with Gasteiger partial charge in [-0.15, -0.1) is 0 Å². The smallest absolute Gasteiger partial charge is 0.278 e. The molecule has 0 radical (unpaired) electrons. The number of hydrogen-bond acceptors (Lipinski definition) is 6. The number of nitrogens with zero attached hydrogens (tertiary/aromatic N) is 5. The van der Waals surface area contributed by atoms with Crippen molar-refractivity contribution in [2.75, 3.05) is 24.3 Å². The van der Waals surface area contributed by atoms with Crippen molar-refractivity contribution in [2.45, 2.75) is 20.3 Å². The van der Waals surface area contributed by atoms with Crippen LogP contribution in [0.15, 0.2) is 67.1 Å². The van der Waals surface area contributed by atoms with E-state index in [0.717, 1.165) is 16.9 Å². The van der Waals surface area contributed by atoms with Crippen molar-refractivity contribution in [1.29, 1.82) is 5.26 Å². The third kappa shape index (κ3) is 5.92. The highest BCUT2D eigenvalue weighted by Crippen LogP contribution is 2.24. The monoisotopic (exact) mass is 483 g/mol. The van der Waals surface area contributed by atoms with Gasteiger partial charge in [-0.25, -0.2) is 9.97 Å². The molecule has 0 unspecified atom stereocenters. The van der Waals surface area contributed by atoms with Gasteiger partial charge in [-0.2, -0.15) is 5.26 Å². The number of nitrogens with one attached hydrogen (secondary N) is 1. The average Bonchev–Trinajstić information content (AvgIpc) is 3.32. The maximum Gasteiger partial charge on any atom is 0.278 e. The number of nitriles is 1. The standard InChI is InChI=1S/C26H24N6O2.CH5N/c1-17(2)12-25(33)30-20-8-6-19(7-9-20)23-14-29-24-15-28-22(16-32(23)24)26(34)31(3)21-10-4-18(13-27)5-11-21;1-2/h4-11,14-17H,12H2,1-3H3,(H,30,33);2H2,1H3. The van der Waals surface area contributed by atoms with Crippen LogP contribution >= 0.6 is 0 Å². The van der Waals surface area contributed by atoms with Crippen LogP contribution < -0.4 is 16.0 Å². The molecular formula is C27H29N7O2. The molecular weight excluding hydrogens is 454 g/mol. The van der Waals surface area contributed by atoms with Crippen LogP contribution in [-0.2, 0) is 4.79 Å². The van der Waals surface area contributed by atoms with Gasteiger partial charge in [-0.3, -0.25) is 14.0 Å². The Balaban J connectivity index is 0.00000176. The number of carbonyl (C=O) groups excluding carboxylic acids is 2. The van der Waals surface area contributed by atoms with E-state index >= 15 is 0 Å². The molecule has 0 aliphatic carbocycles. The number of imidazole rings is 1. The first-order chi connectivity index (χ1) is 17.4. The quantitative estimate of drug-likeness (QED) is 0.425. The molecule has 2 amide bonds. The van der Waals surface area contributed by atoms with Crippen LogP contribution in [-0.4, -0.2) is 40.3 Å². The topological polar surface area (TPSA) is 129 Å². The summed E-state index contributed by atoms with van der Waals surface area (Å²) in [4.78, 5) is 35.3. The van der Waals surface area contributed by atoms with E-state index in [4.69, 9.17) is 5.26 Å². The molecule has 9 nitrogen and oxygen atoms in total. The first kappa shape index (κ1) is 26.1.